The lowest BCUT2D eigenvalue weighted by molar-refractivity contribution is 0.0939. The van der Waals surface area contributed by atoms with E-state index in [4.69, 9.17) is 9.47 Å². The molecule has 3 aromatic rings. The smallest absolute Gasteiger partial charge is 0.251 e. The molecule has 0 aliphatic heterocycles. The quantitative estimate of drug-likeness (QED) is 0.724. The van der Waals surface area contributed by atoms with E-state index in [1.807, 2.05) is 54.9 Å². The van der Waals surface area contributed by atoms with Crippen LogP contribution in [-0.2, 0) is 0 Å². The van der Waals surface area contributed by atoms with Crippen LogP contribution in [0.1, 0.15) is 34.6 Å². The van der Waals surface area contributed by atoms with Crippen LogP contribution in [0.15, 0.2) is 54.7 Å². The summed E-state index contributed by atoms with van der Waals surface area (Å²) in [4.78, 5) is 12.6. The fraction of sp³-hybridized carbons (Fsp3) is 0.238. The first kappa shape index (κ1) is 18.5. The number of ether oxygens (including phenoxy) is 2. The van der Waals surface area contributed by atoms with Crippen molar-refractivity contribution >= 4 is 5.91 Å². The van der Waals surface area contributed by atoms with Gasteiger partial charge in [0.1, 0.15) is 11.5 Å². The molecule has 6 heteroatoms. The van der Waals surface area contributed by atoms with E-state index in [-0.39, 0.29) is 11.9 Å². The second kappa shape index (κ2) is 7.95. The third kappa shape index (κ3) is 3.95. The predicted octanol–water partition coefficient (Wildman–Crippen LogP) is 3.69. The molecule has 0 saturated carbocycles. The summed E-state index contributed by atoms with van der Waals surface area (Å²) in [5.74, 6) is 1.26. The maximum atomic E-state index is 12.6. The lowest BCUT2D eigenvalue weighted by atomic mass is 10.1. The Hall–Kier alpha value is -3.28. The zero-order valence-electron chi connectivity index (χ0n) is 15.9. The molecule has 0 radical (unpaired) electrons. The number of carbonyl (C=O) groups excluding carboxylic acids is 1. The summed E-state index contributed by atoms with van der Waals surface area (Å²) in [6.45, 7) is 3.90. The van der Waals surface area contributed by atoms with Gasteiger partial charge in [-0.15, -0.1) is 0 Å². The number of aromatic nitrogens is 2. The number of hydrogen-bond acceptors (Lipinski definition) is 4. The third-order valence-electron chi connectivity index (χ3n) is 4.46. The SMILES string of the molecule is COc1ccc(OC)c([C@@H](C)NC(=O)c2ccc(-n3nccc3C)cc2)c1. The van der Waals surface area contributed by atoms with Crippen LogP contribution in [0, 0.1) is 6.92 Å². The molecule has 1 amide bonds. The van der Waals surface area contributed by atoms with Crippen LogP contribution in [0.2, 0.25) is 0 Å². The summed E-state index contributed by atoms with van der Waals surface area (Å²) < 4.78 is 12.5. The second-order valence-corrected chi connectivity index (χ2v) is 6.23. The van der Waals surface area contributed by atoms with Crippen molar-refractivity contribution in [2.45, 2.75) is 19.9 Å². The van der Waals surface area contributed by atoms with Crippen LogP contribution in [0.25, 0.3) is 5.69 Å². The molecule has 1 heterocycles. The fourth-order valence-electron chi connectivity index (χ4n) is 2.93. The number of carbonyl (C=O) groups is 1. The Morgan fingerprint density at radius 1 is 1.07 bits per heavy atom. The summed E-state index contributed by atoms with van der Waals surface area (Å²) in [6, 6.07) is 14.6. The minimum atomic E-state index is -0.240. The fourth-order valence-corrected chi connectivity index (χ4v) is 2.93. The van der Waals surface area contributed by atoms with Gasteiger partial charge < -0.3 is 14.8 Å². The number of amides is 1. The predicted molar refractivity (Wildman–Crippen MR) is 104 cm³/mol. The Morgan fingerprint density at radius 2 is 1.81 bits per heavy atom. The monoisotopic (exact) mass is 365 g/mol. The van der Waals surface area contributed by atoms with Crippen LogP contribution in [-0.4, -0.2) is 29.9 Å². The molecule has 140 valence electrons. The third-order valence-corrected chi connectivity index (χ3v) is 4.46. The van der Waals surface area contributed by atoms with Gasteiger partial charge >= 0.3 is 0 Å². The number of aryl methyl sites for hydroxylation is 1. The van der Waals surface area contributed by atoms with Crippen molar-refractivity contribution in [3.05, 3.63) is 71.5 Å². The van der Waals surface area contributed by atoms with Gasteiger partial charge in [-0.1, -0.05) is 0 Å². The Morgan fingerprint density at radius 3 is 2.41 bits per heavy atom. The number of nitrogens with zero attached hydrogens (tertiary/aromatic N) is 2. The minimum Gasteiger partial charge on any atom is -0.497 e. The highest BCUT2D eigenvalue weighted by atomic mass is 16.5. The topological polar surface area (TPSA) is 65.4 Å². The van der Waals surface area contributed by atoms with Gasteiger partial charge in [0.25, 0.3) is 5.91 Å². The van der Waals surface area contributed by atoms with Gasteiger partial charge in [-0.25, -0.2) is 4.68 Å². The van der Waals surface area contributed by atoms with E-state index in [0.717, 1.165) is 16.9 Å². The zero-order valence-corrected chi connectivity index (χ0v) is 15.9. The van der Waals surface area contributed by atoms with E-state index in [0.29, 0.717) is 17.1 Å². The molecule has 1 atom stereocenters. The Kier molecular flexibility index (Phi) is 5.45. The summed E-state index contributed by atoms with van der Waals surface area (Å²) >= 11 is 0. The highest BCUT2D eigenvalue weighted by molar-refractivity contribution is 5.94. The first-order valence-corrected chi connectivity index (χ1v) is 8.67. The van der Waals surface area contributed by atoms with Gasteiger partial charge in [0, 0.05) is 23.0 Å². The summed E-state index contributed by atoms with van der Waals surface area (Å²) in [5.41, 5.74) is 3.38. The van der Waals surface area contributed by atoms with Gasteiger partial charge in [0.05, 0.1) is 25.9 Å². The molecule has 0 spiro atoms. The molecule has 2 aromatic carbocycles. The molecule has 0 aliphatic carbocycles. The lowest BCUT2D eigenvalue weighted by Crippen LogP contribution is -2.27. The molecular weight excluding hydrogens is 342 g/mol. The van der Waals surface area contributed by atoms with Crippen molar-refractivity contribution < 1.29 is 14.3 Å². The van der Waals surface area contributed by atoms with Gasteiger partial charge in [0.15, 0.2) is 0 Å². The molecule has 3 rings (SSSR count). The molecule has 0 unspecified atom stereocenters. The molecule has 1 N–H and O–H groups in total. The average molecular weight is 365 g/mol. The van der Waals surface area contributed by atoms with Gasteiger partial charge in [-0.05, 0) is 62.4 Å². The number of benzene rings is 2. The molecule has 1 aromatic heterocycles. The maximum Gasteiger partial charge on any atom is 0.251 e. The van der Waals surface area contributed by atoms with Crippen LogP contribution in [0.4, 0.5) is 0 Å². The lowest BCUT2D eigenvalue weighted by Gasteiger charge is -2.18. The van der Waals surface area contributed by atoms with Gasteiger partial charge in [-0.3, -0.25) is 4.79 Å². The Balaban J connectivity index is 1.76. The van der Waals surface area contributed by atoms with Gasteiger partial charge in [0.2, 0.25) is 0 Å². The largest absolute Gasteiger partial charge is 0.497 e. The van der Waals surface area contributed by atoms with Crippen molar-refractivity contribution in [1.82, 2.24) is 15.1 Å². The zero-order chi connectivity index (χ0) is 19.4. The maximum absolute atomic E-state index is 12.6. The molecule has 27 heavy (non-hydrogen) atoms. The molecule has 0 saturated heterocycles. The van der Waals surface area contributed by atoms with E-state index < -0.39 is 0 Å². The van der Waals surface area contributed by atoms with Crippen molar-refractivity contribution in [2.24, 2.45) is 0 Å². The van der Waals surface area contributed by atoms with Gasteiger partial charge in [-0.2, -0.15) is 5.10 Å². The summed E-state index contributed by atoms with van der Waals surface area (Å²) in [7, 11) is 3.22. The van der Waals surface area contributed by atoms with E-state index in [1.165, 1.54) is 0 Å². The van der Waals surface area contributed by atoms with E-state index in [2.05, 4.69) is 10.4 Å². The Bertz CT molecular complexity index is 932. The van der Waals surface area contributed by atoms with Crippen molar-refractivity contribution in [3.63, 3.8) is 0 Å². The average Bonchev–Trinajstić information content (AvgIpc) is 3.13. The molecule has 0 bridgehead atoms. The molecule has 0 aliphatic rings. The molecule has 6 nitrogen and oxygen atoms in total. The van der Waals surface area contributed by atoms with Crippen LogP contribution >= 0.6 is 0 Å². The number of rotatable bonds is 6. The van der Waals surface area contributed by atoms with E-state index in [9.17, 15) is 4.79 Å². The second-order valence-electron chi connectivity index (χ2n) is 6.23. The molecule has 0 fully saturated rings. The summed E-state index contributed by atoms with van der Waals surface area (Å²) in [5, 5.41) is 7.28. The minimum absolute atomic E-state index is 0.156. The first-order chi connectivity index (χ1) is 13.0. The Labute approximate surface area is 158 Å². The van der Waals surface area contributed by atoms with Crippen LogP contribution in [0.5, 0.6) is 11.5 Å². The number of nitrogens with one attached hydrogen (secondary N) is 1. The van der Waals surface area contributed by atoms with E-state index in [1.54, 1.807) is 32.5 Å². The van der Waals surface area contributed by atoms with Crippen LogP contribution in [0.3, 0.4) is 0 Å². The highest BCUT2D eigenvalue weighted by Gasteiger charge is 2.16. The standard InChI is InChI=1S/C21H23N3O3/c1-14-11-12-22-24(14)17-7-5-16(6-8-17)21(25)23-15(2)19-13-18(26-3)9-10-20(19)27-4/h5-13,15H,1-4H3,(H,23,25)/t15-/m1/s1. The van der Waals surface area contributed by atoms with Crippen molar-refractivity contribution in [2.75, 3.05) is 14.2 Å². The summed E-state index contributed by atoms with van der Waals surface area (Å²) in [6.07, 6.45) is 1.75. The van der Waals surface area contributed by atoms with Crippen molar-refractivity contribution in [3.8, 4) is 17.2 Å². The normalized spacial score (nSPS) is 11.7. The molecular formula is C21H23N3O3. The number of hydrogen-bond donors (Lipinski definition) is 1. The van der Waals surface area contributed by atoms with Crippen LogP contribution < -0.4 is 14.8 Å². The first-order valence-electron chi connectivity index (χ1n) is 8.67. The highest BCUT2D eigenvalue weighted by Crippen LogP contribution is 2.29. The number of methoxy groups -OCH3 is 2. The van der Waals surface area contributed by atoms with E-state index >= 15 is 0 Å². The van der Waals surface area contributed by atoms with Crippen molar-refractivity contribution in [1.29, 1.82) is 0 Å².